The third kappa shape index (κ3) is 0.498. The molecule has 3 saturated carbocycles. The van der Waals surface area contributed by atoms with Crippen LogP contribution in [0.25, 0.3) is 0 Å². The third-order valence-electron chi connectivity index (χ3n) is 5.73. The van der Waals surface area contributed by atoms with Gasteiger partial charge in [0.2, 0.25) is 0 Å². The van der Waals surface area contributed by atoms with Gasteiger partial charge in [0, 0.05) is 0 Å². The maximum atomic E-state index is 5.84. The molecule has 0 aromatic rings. The first-order valence-corrected chi connectivity index (χ1v) is 5.43. The molecule has 0 spiro atoms. The molecule has 0 radical (unpaired) electrons. The highest BCUT2D eigenvalue weighted by Crippen LogP contribution is 2.78. The van der Waals surface area contributed by atoms with E-state index in [0.717, 1.165) is 17.8 Å². The average molecular weight is 178 g/mol. The lowest BCUT2D eigenvalue weighted by Gasteiger charge is -2.64. The van der Waals surface area contributed by atoms with Crippen LogP contribution in [0.15, 0.2) is 0 Å². The van der Waals surface area contributed by atoms with Crippen LogP contribution < -0.4 is 0 Å². The van der Waals surface area contributed by atoms with Crippen molar-refractivity contribution in [1.29, 1.82) is 0 Å². The Balaban J connectivity index is 1.85. The zero-order chi connectivity index (χ0) is 8.84. The van der Waals surface area contributed by atoms with Crippen LogP contribution >= 0.6 is 0 Å². The minimum Gasteiger partial charge on any atom is -0.408 e. The summed E-state index contributed by atoms with van der Waals surface area (Å²) in [6.45, 7) is 4.73. The lowest BCUT2D eigenvalue weighted by atomic mass is 9.41. The molecule has 2 nitrogen and oxygen atoms in total. The molecule has 0 aromatic carbocycles. The van der Waals surface area contributed by atoms with E-state index in [1.54, 1.807) is 0 Å². The quantitative estimate of drug-likeness (QED) is 0.517. The number of hydrogen-bond donors (Lipinski definition) is 0. The molecular formula is C10H15BO2. The largest absolute Gasteiger partial charge is 0.438 e. The summed E-state index contributed by atoms with van der Waals surface area (Å²) >= 11 is 0. The molecule has 1 heterocycles. The molecule has 1 saturated heterocycles. The van der Waals surface area contributed by atoms with Gasteiger partial charge in [-0.3, -0.25) is 0 Å². The Bertz CT molecular complexity index is 291. The van der Waals surface area contributed by atoms with E-state index in [1.807, 2.05) is 0 Å². The Kier molecular flexibility index (Phi) is 0.967. The minimum atomic E-state index is 0.0758. The van der Waals surface area contributed by atoms with E-state index in [0.29, 0.717) is 19.2 Å². The fourth-order valence-corrected chi connectivity index (χ4v) is 4.83. The molecule has 4 rings (SSSR count). The van der Waals surface area contributed by atoms with E-state index in [2.05, 4.69) is 13.8 Å². The van der Waals surface area contributed by atoms with Gasteiger partial charge in [-0.25, -0.2) is 0 Å². The summed E-state index contributed by atoms with van der Waals surface area (Å²) in [6, 6.07) is 0. The summed E-state index contributed by atoms with van der Waals surface area (Å²) in [7, 11) is 0.537. The number of fused-ring (bicyclic) bond motifs is 3. The summed E-state index contributed by atoms with van der Waals surface area (Å²) in [5.74, 6) is 2.59. The van der Waals surface area contributed by atoms with E-state index in [4.69, 9.17) is 9.31 Å². The van der Waals surface area contributed by atoms with Gasteiger partial charge in [-0.05, 0) is 42.9 Å². The summed E-state index contributed by atoms with van der Waals surface area (Å²) in [4.78, 5) is 0. The van der Waals surface area contributed by atoms with Gasteiger partial charge in [0.25, 0.3) is 0 Å². The second-order valence-corrected chi connectivity index (χ2v) is 5.73. The van der Waals surface area contributed by atoms with Gasteiger partial charge in [-0.2, -0.15) is 0 Å². The van der Waals surface area contributed by atoms with E-state index >= 15 is 0 Å². The zero-order valence-corrected chi connectivity index (χ0v) is 8.25. The van der Waals surface area contributed by atoms with Crippen LogP contribution in [0.1, 0.15) is 26.7 Å². The topological polar surface area (TPSA) is 18.5 Å². The maximum Gasteiger partial charge on any atom is 0.438 e. The Labute approximate surface area is 79.3 Å². The van der Waals surface area contributed by atoms with E-state index < -0.39 is 0 Å². The van der Waals surface area contributed by atoms with E-state index in [-0.39, 0.29) is 5.60 Å². The van der Waals surface area contributed by atoms with Crippen LogP contribution in [0.5, 0.6) is 0 Å². The molecule has 0 aromatic heterocycles. The molecule has 0 amide bonds. The van der Waals surface area contributed by atoms with Crippen molar-refractivity contribution >= 4 is 7.69 Å². The molecule has 6 atom stereocenters. The predicted molar refractivity (Wildman–Crippen MR) is 49.3 cm³/mol. The van der Waals surface area contributed by atoms with Crippen molar-refractivity contribution in [2.24, 2.45) is 23.2 Å². The molecule has 13 heavy (non-hydrogen) atoms. The van der Waals surface area contributed by atoms with E-state index in [9.17, 15) is 0 Å². The number of hydrogen-bond acceptors (Lipinski definition) is 2. The van der Waals surface area contributed by atoms with Crippen molar-refractivity contribution in [2.75, 3.05) is 0 Å². The molecule has 1 aliphatic heterocycles. The predicted octanol–water partition coefficient (Wildman–Crippen LogP) is 1.10. The lowest BCUT2D eigenvalue weighted by molar-refractivity contribution is -0.174. The SMILES string of the molecule is CC12C3CC1C1OBO[C@@]1(C)C2C3. The second-order valence-electron chi connectivity index (χ2n) is 5.73. The highest BCUT2D eigenvalue weighted by Gasteiger charge is 2.79. The van der Waals surface area contributed by atoms with Gasteiger partial charge in [0.1, 0.15) is 0 Å². The van der Waals surface area contributed by atoms with Crippen molar-refractivity contribution in [1.82, 2.24) is 0 Å². The first-order chi connectivity index (χ1) is 6.17. The van der Waals surface area contributed by atoms with Crippen molar-refractivity contribution in [3.63, 3.8) is 0 Å². The average Bonchev–Trinajstić information content (AvgIpc) is 2.45. The summed E-state index contributed by atoms with van der Waals surface area (Å²) < 4.78 is 11.6. The van der Waals surface area contributed by atoms with Gasteiger partial charge < -0.3 is 9.31 Å². The van der Waals surface area contributed by atoms with E-state index in [1.165, 1.54) is 12.8 Å². The van der Waals surface area contributed by atoms with Crippen LogP contribution in [0, 0.1) is 23.2 Å². The molecule has 0 bridgehead atoms. The monoisotopic (exact) mass is 178 g/mol. The third-order valence-corrected chi connectivity index (χ3v) is 5.73. The van der Waals surface area contributed by atoms with Gasteiger partial charge in [-0.15, -0.1) is 0 Å². The van der Waals surface area contributed by atoms with Gasteiger partial charge >= 0.3 is 7.69 Å². The van der Waals surface area contributed by atoms with Crippen LogP contribution in [-0.4, -0.2) is 19.4 Å². The molecule has 4 aliphatic rings. The lowest BCUT2D eigenvalue weighted by Crippen LogP contribution is -2.59. The van der Waals surface area contributed by atoms with Gasteiger partial charge in [0.05, 0.1) is 11.7 Å². The molecule has 0 N–H and O–H groups in total. The molecule has 4 fully saturated rings. The molecule has 70 valence electrons. The summed E-state index contributed by atoms with van der Waals surface area (Å²) in [5, 5.41) is 0. The Morgan fingerprint density at radius 1 is 1.31 bits per heavy atom. The van der Waals surface area contributed by atoms with Crippen LogP contribution in [-0.2, 0) is 9.31 Å². The molecular weight excluding hydrogens is 163 g/mol. The van der Waals surface area contributed by atoms with Crippen LogP contribution in [0.3, 0.4) is 0 Å². The van der Waals surface area contributed by atoms with Crippen molar-refractivity contribution < 1.29 is 9.31 Å². The second kappa shape index (κ2) is 1.72. The fourth-order valence-electron chi connectivity index (χ4n) is 4.83. The minimum absolute atomic E-state index is 0.0758. The van der Waals surface area contributed by atoms with Gasteiger partial charge in [-0.1, -0.05) is 6.92 Å². The maximum absolute atomic E-state index is 5.84. The fraction of sp³-hybridized carbons (Fsp3) is 1.00. The summed E-state index contributed by atoms with van der Waals surface area (Å²) in [5.41, 5.74) is 0.673. The Hall–Kier alpha value is -0.0151. The van der Waals surface area contributed by atoms with Crippen molar-refractivity contribution in [3.8, 4) is 0 Å². The van der Waals surface area contributed by atoms with Crippen LogP contribution in [0.2, 0.25) is 0 Å². The molecule has 3 aliphatic carbocycles. The Morgan fingerprint density at radius 2 is 2.15 bits per heavy atom. The smallest absolute Gasteiger partial charge is 0.408 e. The molecule has 5 unspecified atom stereocenters. The standard InChI is InChI=1S/C10H15BO2/c1-9-5-3-6(9)8-10(2,7(9)4-5)13-11-12-8/h5-8,11H,3-4H2,1-2H3/t5?,6?,7?,8?,9?,10-/m0/s1. The van der Waals surface area contributed by atoms with Crippen molar-refractivity contribution in [3.05, 3.63) is 0 Å². The molecule has 3 heteroatoms. The van der Waals surface area contributed by atoms with Crippen LogP contribution in [0.4, 0.5) is 0 Å². The normalized spacial score (nSPS) is 71.8. The zero-order valence-electron chi connectivity index (χ0n) is 8.25. The number of rotatable bonds is 0. The van der Waals surface area contributed by atoms with Gasteiger partial charge in [0.15, 0.2) is 0 Å². The first kappa shape index (κ1) is 7.30. The highest BCUT2D eigenvalue weighted by molar-refractivity contribution is 6.19. The Morgan fingerprint density at radius 3 is 2.92 bits per heavy atom. The summed E-state index contributed by atoms with van der Waals surface area (Å²) in [6.07, 6.45) is 3.21. The highest BCUT2D eigenvalue weighted by atomic mass is 16.7. The van der Waals surface area contributed by atoms with Crippen molar-refractivity contribution in [2.45, 2.75) is 38.4 Å². The first-order valence-electron chi connectivity index (χ1n) is 5.43.